The molecule has 0 saturated heterocycles. The molecule has 0 unspecified atom stereocenters. The van der Waals surface area contributed by atoms with Crippen molar-refractivity contribution >= 4 is 16.9 Å². The molecule has 0 aliphatic heterocycles. The Kier molecular flexibility index (Phi) is 4.37. The lowest BCUT2D eigenvalue weighted by atomic mass is 10.1. The molecule has 2 rings (SSSR count). The summed E-state index contributed by atoms with van der Waals surface area (Å²) in [5.74, 6) is 0.211. The van der Waals surface area contributed by atoms with Crippen molar-refractivity contribution in [2.45, 2.75) is 0 Å². The fourth-order valence-electron chi connectivity index (χ4n) is 1.82. The number of amides is 1. The number of methoxy groups -OCH3 is 2. The number of nitrogens with one attached hydrogen (secondary N) is 1. The van der Waals surface area contributed by atoms with Crippen molar-refractivity contribution in [3.63, 3.8) is 0 Å². The fourth-order valence-corrected chi connectivity index (χ4v) is 1.82. The number of carbonyl (C=O) groups is 1. The molecule has 0 saturated carbocycles. The van der Waals surface area contributed by atoms with Crippen LogP contribution in [0, 0.1) is 0 Å². The number of carbonyl (C=O) groups excluding carboxylic acids is 1. The molecule has 0 radical (unpaired) electrons. The summed E-state index contributed by atoms with van der Waals surface area (Å²) in [7, 11) is 3.06. The Balaban J connectivity index is 2.42. The predicted molar refractivity (Wildman–Crippen MR) is 73.2 cm³/mol. The third-order valence-electron chi connectivity index (χ3n) is 2.79. The van der Waals surface area contributed by atoms with Crippen LogP contribution in [0.3, 0.4) is 0 Å². The van der Waals surface area contributed by atoms with Gasteiger partial charge < -0.3 is 19.2 Å². The summed E-state index contributed by atoms with van der Waals surface area (Å²) < 4.78 is 15.0. The van der Waals surface area contributed by atoms with Crippen molar-refractivity contribution in [1.29, 1.82) is 0 Å². The Bertz CT molecular complexity index is 677. The van der Waals surface area contributed by atoms with Crippen molar-refractivity contribution in [3.8, 4) is 5.75 Å². The first-order chi connectivity index (χ1) is 9.65. The summed E-state index contributed by atoms with van der Waals surface area (Å²) >= 11 is 0. The first-order valence-corrected chi connectivity index (χ1v) is 6.04. The summed E-state index contributed by atoms with van der Waals surface area (Å²) in [5.41, 5.74) is 0.00592. The van der Waals surface area contributed by atoms with Gasteiger partial charge in [-0.3, -0.25) is 4.79 Å². The van der Waals surface area contributed by atoms with Crippen LogP contribution in [0.4, 0.5) is 0 Å². The lowest BCUT2D eigenvalue weighted by molar-refractivity contribution is 0.0938. The van der Waals surface area contributed by atoms with E-state index in [-0.39, 0.29) is 11.5 Å². The lowest BCUT2D eigenvalue weighted by Crippen LogP contribution is -2.27. The molecule has 0 bridgehead atoms. The van der Waals surface area contributed by atoms with E-state index in [1.807, 2.05) is 0 Å². The van der Waals surface area contributed by atoms with Crippen LogP contribution in [0.25, 0.3) is 11.0 Å². The van der Waals surface area contributed by atoms with Crippen LogP contribution < -0.4 is 15.7 Å². The normalized spacial score (nSPS) is 10.5. The predicted octanol–water partition coefficient (Wildman–Crippen LogP) is 1.18. The van der Waals surface area contributed by atoms with Gasteiger partial charge in [0.05, 0.1) is 19.3 Å². The first kappa shape index (κ1) is 14.1. The van der Waals surface area contributed by atoms with Crippen LogP contribution in [0.15, 0.2) is 33.5 Å². The molecule has 1 amide bonds. The van der Waals surface area contributed by atoms with Gasteiger partial charge in [-0.05, 0) is 12.1 Å². The average Bonchev–Trinajstić information content (AvgIpc) is 2.45. The van der Waals surface area contributed by atoms with Crippen LogP contribution in [0.1, 0.15) is 10.4 Å². The monoisotopic (exact) mass is 277 g/mol. The van der Waals surface area contributed by atoms with Crippen LogP contribution in [0.2, 0.25) is 0 Å². The minimum absolute atomic E-state index is 0.273. The highest BCUT2D eigenvalue weighted by Crippen LogP contribution is 2.22. The molecule has 6 heteroatoms. The molecule has 6 nitrogen and oxygen atoms in total. The smallest absolute Gasteiger partial charge is 0.337 e. The van der Waals surface area contributed by atoms with E-state index in [9.17, 15) is 9.59 Å². The van der Waals surface area contributed by atoms with Gasteiger partial charge in [-0.2, -0.15) is 0 Å². The number of rotatable bonds is 5. The molecule has 0 aliphatic carbocycles. The molecule has 20 heavy (non-hydrogen) atoms. The van der Waals surface area contributed by atoms with Crippen LogP contribution in [-0.4, -0.2) is 33.3 Å². The van der Waals surface area contributed by atoms with Gasteiger partial charge >= 0.3 is 5.63 Å². The van der Waals surface area contributed by atoms with E-state index in [2.05, 4.69) is 5.32 Å². The molecule has 1 aromatic carbocycles. The van der Waals surface area contributed by atoms with Crippen LogP contribution in [-0.2, 0) is 4.74 Å². The topological polar surface area (TPSA) is 77.8 Å². The third-order valence-corrected chi connectivity index (χ3v) is 2.79. The number of hydrogen-bond acceptors (Lipinski definition) is 5. The molecule has 2 aromatic rings. The summed E-state index contributed by atoms with van der Waals surface area (Å²) in [6.07, 6.45) is 0. The molecule has 0 aliphatic rings. The van der Waals surface area contributed by atoms with Gasteiger partial charge in [0.2, 0.25) is 0 Å². The Labute approximate surface area is 115 Å². The Morgan fingerprint density at radius 3 is 2.80 bits per heavy atom. The second-order valence-electron chi connectivity index (χ2n) is 4.09. The van der Waals surface area contributed by atoms with Crippen molar-refractivity contribution in [3.05, 3.63) is 40.2 Å². The minimum Gasteiger partial charge on any atom is -0.497 e. The third kappa shape index (κ3) is 2.97. The second kappa shape index (κ2) is 6.21. The van der Waals surface area contributed by atoms with Gasteiger partial charge in [0.15, 0.2) is 0 Å². The highest BCUT2D eigenvalue weighted by atomic mass is 16.5. The van der Waals surface area contributed by atoms with Gasteiger partial charge in [-0.1, -0.05) is 0 Å². The maximum absolute atomic E-state index is 12.1. The van der Waals surface area contributed by atoms with E-state index >= 15 is 0 Å². The van der Waals surface area contributed by atoms with E-state index in [4.69, 9.17) is 13.9 Å². The second-order valence-corrected chi connectivity index (χ2v) is 4.09. The maximum atomic E-state index is 12.1. The molecule has 0 spiro atoms. The summed E-state index contributed by atoms with van der Waals surface area (Å²) in [6, 6.07) is 6.14. The standard InChI is InChI=1S/C14H15NO5/c1-18-6-5-15-14(17)11-8-13(16)20-12-7-9(19-2)3-4-10(11)12/h3-4,7-8H,5-6H2,1-2H3,(H,15,17). The van der Waals surface area contributed by atoms with Gasteiger partial charge in [0, 0.05) is 31.2 Å². The zero-order chi connectivity index (χ0) is 14.5. The van der Waals surface area contributed by atoms with E-state index in [0.717, 1.165) is 0 Å². The van der Waals surface area contributed by atoms with E-state index in [0.29, 0.717) is 29.9 Å². The van der Waals surface area contributed by atoms with Gasteiger partial charge in [0.25, 0.3) is 5.91 Å². The number of hydrogen-bond donors (Lipinski definition) is 1. The van der Waals surface area contributed by atoms with E-state index in [1.165, 1.54) is 13.2 Å². The Morgan fingerprint density at radius 1 is 1.30 bits per heavy atom. The van der Waals surface area contributed by atoms with Crippen molar-refractivity contribution in [2.75, 3.05) is 27.4 Å². The Morgan fingerprint density at radius 2 is 2.10 bits per heavy atom. The van der Waals surface area contributed by atoms with E-state index < -0.39 is 5.63 Å². The highest BCUT2D eigenvalue weighted by Gasteiger charge is 2.13. The lowest BCUT2D eigenvalue weighted by Gasteiger charge is -2.07. The Hall–Kier alpha value is -2.34. The van der Waals surface area contributed by atoms with Gasteiger partial charge in [-0.25, -0.2) is 4.79 Å². The van der Waals surface area contributed by atoms with Crippen molar-refractivity contribution < 1.29 is 18.7 Å². The maximum Gasteiger partial charge on any atom is 0.337 e. The number of fused-ring (bicyclic) bond motifs is 1. The minimum atomic E-state index is -0.581. The SMILES string of the molecule is COCCNC(=O)c1cc(=O)oc2cc(OC)ccc12. The summed E-state index contributed by atoms with van der Waals surface area (Å²) in [4.78, 5) is 23.6. The molecule has 1 heterocycles. The van der Waals surface area contributed by atoms with Gasteiger partial charge in [-0.15, -0.1) is 0 Å². The summed E-state index contributed by atoms with van der Waals surface area (Å²) in [5, 5.41) is 3.23. The first-order valence-electron chi connectivity index (χ1n) is 6.04. The quantitative estimate of drug-likeness (QED) is 0.656. The van der Waals surface area contributed by atoms with E-state index in [1.54, 1.807) is 25.3 Å². The molecule has 106 valence electrons. The van der Waals surface area contributed by atoms with Gasteiger partial charge in [0.1, 0.15) is 11.3 Å². The van der Waals surface area contributed by atoms with Crippen LogP contribution >= 0.6 is 0 Å². The largest absolute Gasteiger partial charge is 0.497 e. The molecule has 1 aromatic heterocycles. The van der Waals surface area contributed by atoms with Crippen LogP contribution in [0.5, 0.6) is 5.75 Å². The molecule has 1 N–H and O–H groups in total. The molecule has 0 fully saturated rings. The molecular formula is C14H15NO5. The zero-order valence-corrected chi connectivity index (χ0v) is 11.3. The fraction of sp³-hybridized carbons (Fsp3) is 0.286. The summed E-state index contributed by atoms with van der Waals surface area (Å²) in [6.45, 7) is 0.770. The number of ether oxygens (including phenoxy) is 2. The number of benzene rings is 1. The molecule has 0 atom stereocenters. The van der Waals surface area contributed by atoms with Crippen molar-refractivity contribution in [1.82, 2.24) is 5.32 Å². The highest BCUT2D eigenvalue weighted by molar-refractivity contribution is 6.05. The zero-order valence-electron chi connectivity index (χ0n) is 11.3. The average molecular weight is 277 g/mol. The molecular weight excluding hydrogens is 262 g/mol. The van der Waals surface area contributed by atoms with Crippen molar-refractivity contribution in [2.24, 2.45) is 0 Å².